The number of carbonyl (C=O) groups is 1. The quantitative estimate of drug-likeness (QED) is 0.343. The molecular formula is C21H16BrCl3FNO2. The first-order valence-electron chi connectivity index (χ1n) is 9.00. The summed E-state index contributed by atoms with van der Waals surface area (Å²) in [7, 11) is 1.38. The third kappa shape index (κ3) is 3.78. The monoisotopic (exact) mass is 517 g/mol. The van der Waals surface area contributed by atoms with Crippen LogP contribution in [0, 0.1) is 5.82 Å². The molecular weight excluding hydrogens is 503 g/mol. The lowest BCUT2D eigenvalue weighted by Crippen LogP contribution is -2.08. The number of aromatic nitrogens is 1. The van der Waals surface area contributed by atoms with Crippen LogP contribution in [0.25, 0.3) is 10.9 Å². The zero-order valence-electron chi connectivity index (χ0n) is 15.4. The molecule has 0 aliphatic carbocycles. The van der Waals surface area contributed by atoms with Crippen LogP contribution >= 0.6 is 50.7 Å². The molecule has 1 aliphatic rings. The molecule has 0 amide bonds. The maximum Gasteiger partial charge on any atom is 0.306 e. The fraction of sp³-hybridized carbons (Fsp3) is 0.286. The van der Waals surface area contributed by atoms with Gasteiger partial charge >= 0.3 is 5.97 Å². The summed E-state index contributed by atoms with van der Waals surface area (Å²) >= 11 is 22.5. The Kier molecular flexibility index (Phi) is 5.86. The van der Waals surface area contributed by atoms with E-state index >= 15 is 0 Å². The number of esters is 1. The lowest BCUT2D eigenvalue weighted by Gasteiger charge is -2.14. The van der Waals surface area contributed by atoms with Gasteiger partial charge in [0.2, 0.25) is 0 Å². The lowest BCUT2D eigenvalue weighted by molar-refractivity contribution is -0.141. The van der Waals surface area contributed by atoms with Gasteiger partial charge in [0.25, 0.3) is 0 Å². The van der Waals surface area contributed by atoms with Crippen molar-refractivity contribution in [1.29, 1.82) is 0 Å². The maximum absolute atomic E-state index is 14.2. The first-order valence-corrected chi connectivity index (χ1v) is 10.9. The molecule has 0 saturated heterocycles. The van der Waals surface area contributed by atoms with Gasteiger partial charge in [-0.25, -0.2) is 4.39 Å². The van der Waals surface area contributed by atoms with Crippen molar-refractivity contribution < 1.29 is 13.9 Å². The van der Waals surface area contributed by atoms with Gasteiger partial charge in [0, 0.05) is 49.5 Å². The molecule has 29 heavy (non-hydrogen) atoms. The molecule has 0 N–H and O–H groups in total. The van der Waals surface area contributed by atoms with Crippen LogP contribution < -0.4 is 0 Å². The molecule has 2 aromatic carbocycles. The number of hydrogen-bond acceptors (Lipinski definition) is 2. The topological polar surface area (TPSA) is 31.2 Å². The van der Waals surface area contributed by atoms with Crippen molar-refractivity contribution in [3.8, 4) is 0 Å². The predicted molar refractivity (Wildman–Crippen MR) is 118 cm³/mol. The molecule has 1 unspecified atom stereocenters. The molecule has 1 aliphatic heterocycles. The molecule has 152 valence electrons. The second-order valence-corrected chi connectivity index (χ2v) is 9.19. The number of aryl methyl sites for hydroxylation is 1. The number of carbonyl (C=O) groups excluding carboxylic acids is 1. The van der Waals surface area contributed by atoms with E-state index in [2.05, 4.69) is 20.5 Å². The van der Waals surface area contributed by atoms with Crippen molar-refractivity contribution in [2.45, 2.75) is 31.7 Å². The van der Waals surface area contributed by atoms with E-state index in [1.807, 2.05) is 0 Å². The summed E-state index contributed by atoms with van der Waals surface area (Å²) in [5.74, 6) is -0.618. The number of nitrogens with zero attached hydrogens (tertiary/aromatic N) is 1. The van der Waals surface area contributed by atoms with Crippen molar-refractivity contribution in [1.82, 2.24) is 4.57 Å². The van der Waals surface area contributed by atoms with E-state index in [4.69, 9.17) is 39.5 Å². The smallest absolute Gasteiger partial charge is 0.306 e. The van der Waals surface area contributed by atoms with Gasteiger partial charge in [-0.05, 0) is 57.7 Å². The van der Waals surface area contributed by atoms with E-state index in [9.17, 15) is 9.18 Å². The van der Waals surface area contributed by atoms with Crippen LogP contribution in [0.2, 0.25) is 15.1 Å². The minimum Gasteiger partial charge on any atom is -0.469 e. The number of ether oxygens (including phenoxy) is 1. The first-order chi connectivity index (χ1) is 13.8. The Hall–Kier alpha value is -1.27. The molecule has 1 aromatic heterocycles. The van der Waals surface area contributed by atoms with E-state index in [1.54, 1.807) is 12.1 Å². The molecule has 8 heteroatoms. The summed E-state index contributed by atoms with van der Waals surface area (Å²) in [6.07, 6.45) is 1.49. The van der Waals surface area contributed by atoms with Gasteiger partial charge in [-0.1, -0.05) is 34.8 Å². The number of halogens is 5. The zero-order valence-corrected chi connectivity index (χ0v) is 19.2. The second kappa shape index (κ2) is 8.10. The molecule has 2 heterocycles. The highest BCUT2D eigenvalue weighted by Gasteiger charge is 2.32. The average molecular weight is 520 g/mol. The van der Waals surface area contributed by atoms with Crippen LogP contribution in [0.4, 0.5) is 4.39 Å². The van der Waals surface area contributed by atoms with Crippen molar-refractivity contribution in [3.63, 3.8) is 0 Å². The SMILES string of the molecule is COC(=O)CC1CCn2c1c(Cc1c(Cl)cc(Cl)cc1Cl)c1c(Br)cc(F)cc12. The van der Waals surface area contributed by atoms with Crippen molar-refractivity contribution in [3.05, 3.63) is 66.4 Å². The summed E-state index contributed by atoms with van der Waals surface area (Å²) in [6.45, 7) is 0.700. The van der Waals surface area contributed by atoms with E-state index in [0.29, 0.717) is 32.5 Å². The molecule has 4 rings (SSSR count). The van der Waals surface area contributed by atoms with E-state index < -0.39 is 0 Å². The molecule has 1 atom stereocenters. The molecule has 3 aromatic rings. The molecule has 3 nitrogen and oxygen atoms in total. The second-order valence-electron chi connectivity index (χ2n) is 7.09. The molecule has 0 bridgehead atoms. The Morgan fingerprint density at radius 1 is 1.21 bits per heavy atom. The normalized spacial score (nSPS) is 15.7. The Morgan fingerprint density at radius 2 is 1.90 bits per heavy atom. The zero-order chi connectivity index (χ0) is 20.9. The van der Waals surface area contributed by atoms with Gasteiger partial charge in [0.1, 0.15) is 5.82 Å². The third-order valence-electron chi connectivity index (χ3n) is 5.41. The number of fused-ring (bicyclic) bond motifs is 3. The maximum atomic E-state index is 14.2. The highest BCUT2D eigenvalue weighted by Crippen LogP contribution is 2.45. The fourth-order valence-electron chi connectivity index (χ4n) is 4.20. The highest BCUT2D eigenvalue weighted by atomic mass is 79.9. The summed E-state index contributed by atoms with van der Waals surface area (Å²) in [5.41, 5.74) is 3.51. The number of benzene rings is 2. The van der Waals surface area contributed by atoms with E-state index in [1.165, 1.54) is 19.2 Å². The largest absolute Gasteiger partial charge is 0.469 e. The van der Waals surface area contributed by atoms with Crippen molar-refractivity contribution >= 4 is 67.6 Å². The minimum absolute atomic E-state index is 0.0235. The molecule has 0 saturated carbocycles. The van der Waals surface area contributed by atoms with Crippen LogP contribution in [0.1, 0.15) is 35.6 Å². The Bertz CT molecular complexity index is 1120. The summed E-state index contributed by atoms with van der Waals surface area (Å²) < 4.78 is 21.8. The van der Waals surface area contributed by atoms with Crippen LogP contribution in [0.5, 0.6) is 0 Å². The number of methoxy groups -OCH3 is 1. The van der Waals surface area contributed by atoms with Gasteiger partial charge in [0.05, 0.1) is 19.0 Å². The predicted octanol–water partition coefficient (Wildman–Crippen LogP) is 7.14. The van der Waals surface area contributed by atoms with Crippen LogP contribution in [-0.4, -0.2) is 17.6 Å². The van der Waals surface area contributed by atoms with Gasteiger partial charge in [-0.2, -0.15) is 0 Å². The van der Waals surface area contributed by atoms with Gasteiger partial charge in [-0.15, -0.1) is 0 Å². The number of hydrogen-bond donors (Lipinski definition) is 0. The minimum atomic E-state index is -0.324. The standard InChI is InChI=1S/C21H16BrCl3FNO2/c1-29-19(28)4-10-2-3-27-18-8-12(26)7-15(22)20(18)14(21(10)27)9-13-16(24)5-11(23)6-17(13)25/h5-8,10H,2-4,9H2,1H3. The summed E-state index contributed by atoms with van der Waals surface area (Å²) in [5, 5.41) is 2.30. The van der Waals surface area contributed by atoms with E-state index in [-0.39, 0.29) is 24.1 Å². The Labute approximate surface area is 190 Å². The van der Waals surface area contributed by atoms with Crippen LogP contribution in [0.15, 0.2) is 28.7 Å². The van der Waals surface area contributed by atoms with Crippen LogP contribution in [-0.2, 0) is 22.5 Å². The van der Waals surface area contributed by atoms with Gasteiger partial charge in [-0.3, -0.25) is 4.79 Å². The first kappa shape index (κ1) is 21.0. The Balaban J connectivity index is 1.93. The summed E-state index contributed by atoms with van der Waals surface area (Å²) in [6, 6.07) is 6.29. The molecule has 0 fully saturated rings. The summed E-state index contributed by atoms with van der Waals surface area (Å²) in [4.78, 5) is 12.0. The van der Waals surface area contributed by atoms with Crippen molar-refractivity contribution in [2.24, 2.45) is 0 Å². The van der Waals surface area contributed by atoms with Crippen molar-refractivity contribution in [2.75, 3.05) is 7.11 Å². The lowest BCUT2D eigenvalue weighted by atomic mass is 9.92. The van der Waals surface area contributed by atoms with Gasteiger partial charge in [0.15, 0.2) is 0 Å². The molecule has 0 spiro atoms. The fourth-order valence-corrected chi connectivity index (χ4v) is 5.81. The third-order valence-corrected chi connectivity index (χ3v) is 6.93. The van der Waals surface area contributed by atoms with E-state index in [0.717, 1.165) is 34.1 Å². The molecule has 0 radical (unpaired) electrons. The Morgan fingerprint density at radius 3 is 2.55 bits per heavy atom. The van der Waals surface area contributed by atoms with Gasteiger partial charge < -0.3 is 9.30 Å². The number of rotatable bonds is 4. The highest BCUT2D eigenvalue weighted by molar-refractivity contribution is 9.10. The average Bonchev–Trinajstić information content (AvgIpc) is 3.17. The van der Waals surface area contributed by atoms with Crippen LogP contribution in [0.3, 0.4) is 0 Å².